The summed E-state index contributed by atoms with van der Waals surface area (Å²) in [5, 5.41) is 1.12. The smallest absolute Gasteiger partial charge is 0.113 e. The van der Waals surface area contributed by atoms with Crippen molar-refractivity contribution in [3.8, 4) is 5.69 Å². The molecule has 2 heterocycles. The summed E-state index contributed by atoms with van der Waals surface area (Å²) in [5.74, 6) is 1.07. The van der Waals surface area contributed by atoms with E-state index in [0.717, 1.165) is 40.8 Å². The van der Waals surface area contributed by atoms with E-state index >= 15 is 0 Å². The number of aromatic nitrogens is 3. The molecule has 3 aromatic rings. The summed E-state index contributed by atoms with van der Waals surface area (Å²) in [5.41, 5.74) is 9.03. The zero-order chi connectivity index (χ0) is 13.9. The summed E-state index contributed by atoms with van der Waals surface area (Å²) in [7, 11) is 0. The van der Waals surface area contributed by atoms with Gasteiger partial charge in [-0.1, -0.05) is 25.1 Å². The number of fused-ring (bicyclic) bond motifs is 1. The second kappa shape index (κ2) is 5.43. The maximum absolute atomic E-state index is 5.90. The molecule has 1 aromatic carbocycles. The molecular formula is C16H18N4. The number of aryl methyl sites for hydroxylation is 1. The van der Waals surface area contributed by atoms with Gasteiger partial charge in [-0.3, -0.25) is 4.98 Å². The number of hydrogen-bond acceptors (Lipinski definition) is 3. The lowest BCUT2D eigenvalue weighted by atomic mass is 10.1. The number of benzene rings is 1. The molecular weight excluding hydrogens is 248 g/mol. The van der Waals surface area contributed by atoms with E-state index in [4.69, 9.17) is 5.73 Å². The molecule has 102 valence electrons. The minimum absolute atomic E-state index is 0.469. The number of pyridine rings is 1. The van der Waals surface area contributed by atoms with Gasteiger partial charge in [-0.2, -0.15) is 0 Å². The first kappa shape index (κ1) is 12.8. The molecule has 0 unspecified atom stereocenters. The van der Waals surface area contributed by atoms with Crippen LogP contribution >= 0.6 is 0 Å². The zero-order valence-corrected chi connectivity index (χ0v) is 11.6. The Bertz CT molecular complexity index is 730. The fourth-order valence-electron chi connectivity index (χ4n) is 2.55. The normalized spacial score (nSPS) is 11.1. The Hall–Kier alpha value is -2.20. The quantitative estimate of drug-likeness (QED) is 0.790. The van der Waals surface area contributed by atoms with Crippen LogP contribution in [-0.4, -0.2) is 14.5 Å². The van der Waals surface area contributed by atoms with Crippen LogP contribution in [-0.2, 0) is 13.0 Å². The lowest BCUT2D eigenvalue weighted by Gasteiger charge is -2.14. The third-order valence-electron chi connectivity index (χ3n) is 3.47. The highest BCUT2D eigenvalue weighted by Gasteiger charge is 2.12. The standard InChI is InChI=1S/C16H18N4/c1-2-5-15-18-8-9-20(15)16-12(10-17)11-19-14-7-4-3-6-13(14)16/h3-4,6-9,11H,2,5,10,17H2,1H3. The average molecular weight is 266 g/mol. The summed E-state index contributed by atoms with van der Waals surface area (Å²) < 4.78 is 2.15. The molecule has 20 heavy (non-hydrogen) atoms. The lowest BCUT2D eigenvalue weighted by Crippen LogP contribution is -2.08. The molecule has 0 aliphatic carbocycles. The molecule has 0 spiro atoms. The molecule has 4 nitrogen and oxygen atoms in total. The summed E-state index contributed by atoms with van der Waals surface area (Å²) >= 11 is 0. The number of hydrogen-bond donors (Lipinski definition) is 1. The molecule has 0 saturated carbocycles. The van der Waals surface area contributed by atoms with Crippen molar-refractivity contribution < 1.29 is 0 Å². The van der Waals surface area contributed by atoms with Crippen LogP contribution in [0.15, 0.2) is 42.9 Å². The van der Waals surface area contributed by atoms with Crippen LogP contribution in [0.5, 0.6) is 0 Å². The van der Waals surface area contributed by atoms with Crippen LogP contribution in [0.2, 0.25) is 0 Å². The van der Waals surface area contributed by atoms with Gasteiger partial charge < -0.3 is 10.3 Å². The van der Waals surface area contributed by atoms with Crippen molar-refractivity contribution in [3.05, 3.63) is 54.2 Å². The van der Waals surface area contributed by atoms with Gasteiger partial charge in [0.15, 0.2) is 0 Å². The van der Waals surface area contributed by atoms with Crippen molar-refractivity contribution in [3.63, 3.8) is 0 Å². The summed E-state index contributed by atoms with van der Waals surface area (Å²) in [6.45, 7) is 2.63. The van der Waals surface area contributed by atoms with Gasteiger partial charge in [-0.25, -0.2) is 4.98 Å². The first-order chi connectivity index (χ1) is 9.85. The maximum Gasteiger partial charge on any atom is 0.113 e. The van der Waals surface area contributed by atoms with Gasteiger partial charge >= 0.3 is 0 Å². The number of nitrogens with zero attached hydrogens (tertiary/aromatic N) is 3. The van der Waals surface area contributed by atoms with Gasteiger partial charge in [0.05, 0.1) is 11.2 Å². The third kappa shape index (κ3) is 2.08. The van der Waals surface area contributed by atoms with Gasteiger partial charge in [0, 0.05) is 42.5 Å². The molecule has 0 saturated heterocycles. The molecule has 2 aromatic heterocycles. The minimum Gasteiger partial charge on any atom is -0.326 e. The van der Waals surface area contributed by atoms with Crippen molar-refractivity contribution in [1.29, 1.82) is 0 Å². The molecule has 0 fully saturated rings. The summed E-state index contributed by atoms with van der Waals surface area (Å²) in [6, 6.07) is 8.15. The monoisotopic (exact) mass is 266 g/mol. The van der Waals surface area contributed by atoms with Gasteiger partial charge in [-0.15, -0.1) is 0 Å². The Morgan fingerprint density at radius 3 is 2.85 bits per heavy atom. The Kier molecular flexibility index (Phi) is 3.48. The predicted molar refractivity (Wildman–Crippen MR) is 80.8 cm³/mol. The van der Waals surface area contributed by atoms with E-state index in [1.165, 1.54) is 0 Å². The van der Waals surface area contributed by atoms with Crippen molar-refractivity contribution in [2.75, 3.05) is 0 Å². The number of rotatable bonds is 4. The Balaban J connectivity index is 2.30. The van der Waals surface area contributed by atoms with Crippen molar-refractivity contribution in [1.82, 2.24) is 14.5 Å². The highest BCUT2D eigenvalue weighted by Crippen LogP contribution is 2.25. The third-order valence-corrected chi connectivity index (χ3v) is 3.47. The maximum atomic E-state index is 5.90. The van der Waals surface area contributed by atoms with Gasteiger partial charge in [0.2, 0.25) is 0 Å². The van der Waals surface area contributed by atoms with Crippen LogP contribution in [0.3, 0.4) is 0 Å². The van der Waals surface area contributed by atoms with Gasteiger partial charge in [0.1, 0.15) is 5.82 Å². The van der Waals surface area contributed by atoms with Crippen molar-refractivity contribution in [2.45, 2.75) is 26.3 Å². The van der Waals surface area contributed by atoms with E-state index in [9.17, 15) is 0 Å². The van der Waals surface area contributed by atoms with E-state index in [2.05, 4.69) is 27.5 Å². The molecule has 0 amide bonds. The Labute approximate surface area is 118 Å². The zero-order valence-electron chi connectivity index (χ0n) is 11.6. The van der Waals surface area contributed by atoms with Crippen LogP contribution in [0.1, 0.15) is 24.7 Å². The van der Waals surface area contributed by atoms with E-state index in [1.807, 2.05) is 36.8 Å². The topological polar surface area (TPSA) is 56.7 Å². The van der Waals surface area contributed by atoms with E-state index in [-0.39, 0.29) is 0 Å². The molecule has 4 heteroatoms. The van der Waals surface area contributed by atoms with Crippen LogP contribution in [0, 0.1) is 0 Å². The number of para-hydroxylation sites is 1. The minimum atomic E-state index is 0.469. The summed E-state index contributed by atoms with van der Waals surface area (Å²) in [4.78, 5) is 8.95. The lowest BCUT2D eigenvalue weighted by molar-refractivity contribution is 0.805. The molecule has 0 radical (unpaired) electrons. The van der Waals surface area contributed by atoms with E-state index in [0.29, 0.717) is 6.54 Å². The van der Waals surface area contributed by atoms with Crippen molar-refractivity contribution >= 4 is 10.9 Å². The molecule has 0 aliphatic heterocycles. The van der Waals surface area contributed by atoms with Crippen LogP contribution in [0.25, 0.3) is 16.6 Å². The summed E-state index contributed by atoms with van der Waals surface area (Å²) in [6.07, 6.45) is 7.74. The molecule has 0 atom stereocenters. The fourth-order valence-corrected chi connectivity index (χ4v) is 2.55. The van der Waals surface area contributed by atoms with Gasteiger partial charge in [-0.05, 0) is 12.5 Å². The molecule has 0 bridgehead atoms. The first-order valence-electron chi connectivity index (χ1n) is 6.94. The Morgan fingerprint density at radius 2 is 2.05 bits per heavy atom. The molecule has 2 N–H and O–H groups in total. The molecule has 3 rings (SSSR count). The van der Waals surface area contributed by atoms with Crippen LogP contribution in [0.4, 0.5) is 0 Å². The van der Waals surface area contributed by atoms with Gasteiger partial charge in [0.25, 0.3) is 0 Å². The van der Waals surface area contributed by atoms with E-state index in [1.54, 1.807) is 0 Å². The fraction of sp³-hybridized carbons (Fsp3) is 0.250. The molecule has 0 aliphatic rings. The Morgan fingerprint density at radius 1 is 1.20 bits per heavy atom. The number of nitrogens with two attached hydrogens (primary N) is 1. The second-order valence-electron chi connectivity index (χ2n) is 4.82. The highest BCUT2D eigenvalue weighted by molar-refractivity contribution is 5.88. The first-order valence-corrected chi connectivity index (χ1v) is 6.94. The SMILES string of the molecule is CCCc1nccn1-c1c(CN)cnc2ccccc12. The highest BCUT2D eigenvalue weighted by atomic mass is 15.1. The second-order valence-corrected chi connectivity index (χ2v) is 4.82. The largest absolute Gasteiger partial charge is 0.326 e. The number of imidazole rings is 1. The average Bonchev–Trinajstić information content (AvgIpc) is 2.94. The predicted octanol–water partition coefficient (Wildman–Crippen LogP) is 2.83. The van der Waals surface area contributed by atoms with Crippen molar-refractivity contribution in [2.24, 2.45) is 5.73 Å². The van der Waals surface area contributed by atoms with Crippen LogP contribution < -0.4 is 5.73 Å². The van der Waals surface area contributed by atoms with E-state index < -0.39 is 0 Å².